The Hall–Kier alpha value is -0.780. The second-order valence-corrected chi connectivity index (χ2v) is 6.10. The summed E-state index contributed by atoms with van der Waals surface area (Å²) in [6.45, 7) is -0.132. The van der Waals surface area contributed by atoms with Crippen molar-refractivity contribution < 1.29 is 23.1 Å². The Morgan fingerprint density at radius 2 is 1.65 bits per heavy atom. The number of carboxylic acid groups (broad SMARTS) is 1. The lowest BCUT2D eigenvalue weighted by Crippen LogP contribution is -2.48. The van der Waals surface area contributed by atoms with Gasteiger partial charge in [0.05, 0.1) is 0 Å². The van der Waals surface area contributed by atoms with Gasteiger partial charge in [0.1, 0.15) is 0 Å². The average Bonchev–Trinajstić information content (AvgIpc) is 2.73. The maximum atomic E-state index is 13.1. The van der Waals surface area contributed by atoms with Gasteiger partial charge in [-0.2, -0.15) is 13.2 Å². The third-order valence-electron chi connectivity index (χ3n) is 4.84. The fourth-order valence-corrected chi connectivity index (χ4v) is 3.48. The van der Waals surface area contributed by atoms with E-state index in [9.17, 15) is 18.0 Å². The third kappa shape index (κ3) is 2.95. The first-order valence-electron chi connectivity index (χ1n) is 7.41. The van der Waals surface area contributed by atoms with Crippen molar-refractivity contribution in [3.63, 3.8) is 0 Å². The zero-order valence-electron chi connectivity index (χ0n) is 11.6. The highest BCUT2D eigenvalue weighted by Crippen LogP contribution is 2.46. The van der Waals surface area contributed by atoms with Crippen LogP contribution in [-0.4, -0.2) is 41.3 Å². The molecule has 1 saturated heterocycles. The van der Waals surface area contributed by atoms with Gasteiger partial charge in [-0.3, -0.25) is 9.69 Å². The molecule has 0 aromatic rings. The van der Waals surface area contributed by atoms with Crippen LogP contribution >= 0.6 is 0 Å². The number of hydrogen-bond acceptors (Lipinski definition) is 2. The second-order valence-electron chi connectivity index (χ2n) is 6.10. The summed E-state index contributed by atoms with van der Waals surface area (Å²) >= 11 is 0. The summed E-state index contributed by atoms with van der Waals surface area (Å²) < 4.78 is 39.4. The molecule has 0 spiro atoms. The molecule has 1 unspecified atom stereocenters. The molecule has 2 aliphatic rings. The highest BCUT2D eigenvalue weighted by atomic mass is 19.4. The lowest BCUT2D eigenvalue weighted by Gasteiger charge is -2.32. The second kappa shape index (κ2) is 5.92. The topological polar surface area (TPSA) is 40.5 Å². The van der Waals surface area contributed by atoms with Gasteiger partial charge in [0, 0.05) is 12.6 Å². The molecule has 6 heteroatoms. The zero-order chi connectivity index (χ0) is 14.8. The number of aliphatic carboxylic acids is 1. The number of halogens is 3. The van der Waals surface area contributed by atoms with E-state index in [-0.39, 0.29) is 25.6 Å². The molecular weight excluding hydrogens is 271 g/mol. The molecule has 0 radical (unpaired) electrons. The van der Waals surface area contributed by atoms with Gasteiger partial charge in [0.15, 0.2) is 5.41 Å². The van der Waals surface area contributed by atoms with Gasteiger partial charge in [0.2, 0.25) is 0 Å². The number of hydrogen-bond donors (Lipinski definition) is 1. The van der Waals surface area contributed by atoms with E-state index in [0.29, 0.717) is 0 Å². The fourth-order valence-electron chi connectivity index (χ4n) is 3.48. The number of alkyl halides is 3. The zero-order valence-corrected chi connectivity index (χ0v) is 11.6. The van der Waals surface area contributed by atoms with Crippen LogP contribution in [0, 0.1) is 5.41 Å². The van der Waals surface area contributed by atoms with E-state index in [1.807, 2.05) is 0 Å². The summed E-state index contributed by atoms with van der Waals surface area (Å²) in [5.41, 5.74) is -2.56. The largest absolute Gasteiger partial charge is 0.481 e. The maximum Gasteiger partial charge on any atom is 0.406 e. The SMILES string of the molecule is O=C(O)C1(C(F)(F)F)CCN(C2CCCCCCC2)C1. The van der Waals surface area contributed by atoms with Gasteiger partial charge in [-0.1, -0.05) is 32.1 Å². The molecule has 1 atom stereocenters. The molecule has 1 heterocycles. The van der Waals surface area contributed by atoms with Gasteiger partial charge in [0.25, 0.3) is 0 Å². The van der Waals surface area contributed by atoms with Crippen molar-refractivity contribution in [3.8, 4) is 0 Å². The van der Waals surface area contributed by atoms with Crippen molar-refractivity contribution in [2.45, 2.75) is 63.6 Å². The van der Waals surface area contributed by atoms with Crippen LogP contribution in [-0.2, 0) is 4.79 Å². The Balaban J connectivity index is 2.07. The van der Waals surface area contributed by atoms with E-state index in [2.05, 4.69) is 0 Å². The fraction of sp³-hybridized carbons (Fsp3) is 0.929. The van der Waals surface area contributed by atoms with Gasteiger partial charge in [-0.25, -0.2) is 0 Å². The summed E-state index contributed by atoms with van der Waals surface area (Å²) in [5, 5.41) is 9.07. The molecule has 1 saturated carbocycles. The molecule has 2 fully saturated rings. The smallest absolute Gasteiger partial charge is 0.406 e. The lowest BCUT2D eigenvalue weighted by molar-refractivity contribution is -0.228. The first-order valence-corrected chi connectivity index (χ1v) is 7.41. The summed E-state index contributed by atoms with van der Waals surface area (Å²) in [7, 11) is 0. The first-order chi connectivity index (χ1) is 9.37. The van der Waals surface area contributed by atoms with Crippen molar-refractivity contribution in [2.24, 2.45) is 5.41 Å². The molecule has 1 aliphatic carbocycles. The minimum Gasteiger partial charge on any atom is -0.481 e. The van der Waals surface area contributed by atoms with Crippen LogP contribution in [0.15, 0.2) is 0 Å². The van der Waals surface area contributed by atoms with Crippen molar-refractivity contribution in [1.82, 2.24) is 4.90 Å². The molecule has 0 aromatic heterocycles. The third-order valence-corrected chi connectivity index (χ3v) is 4.84. The minimum atomic E-state index is -4.67. The number of rotatable bonds is 2. The van der Waals surface area contributed by atoms with Crippen LogP contribution in [0.5, 0.6) is 0 Å². The van der Waals surface area contributed by atoms with E-state index >= 15 is 0 Å². The molecule has 3 nitrogen and oxygen atoms in total. The number of nitrogens with zero attached hydrogens (tertiary/aromatic N) is 1. The molecule has 0 bridgehead atoms. The summed E-state index contributed by atoms with van der Waals surface area (Å²) in [5.74, 6) is -1.72. The predicted octanol–water partition coefficient (Wildman–Crippen LogP) is 3.44. The number of carboxylic acids is 1. The van der Waals surface area contributed by atoms with Crippen molar-refractivity contribution >= 4 is 5.97 Å². The maximum absolute atomic E-state index is 13.1. The monoisotopic (exact) mass is 293 g/mol. The Bertz CT molecular complexity index is 351. The Morgan fingerprint density at radius 3 is 2.10 bits per heavy atom. The Morgan fingerprint density at radius 1 is 1.10 bits per heavy atom. The van der Waals surface area contributed by atoms with E-state index in [1.54, 1.807) is 4.90 Å². The Labute approximate surface area is 117 Å². The van der Waals surface area contributed by atoms with E-state index < -0.39 is 17.6 Å². The van der Waals surface area contributed by atoms with Gasteiger partial charge in [-0.15, -0.1) is 0 Å². The van der Waals surface area contributed by atoms with E-state index in [1.165, 1.54) is 6.42 Å². The average molecular weight is 293 g/mol. The molecule has 2 rings (SSSR count). The van der Waals surface area contributed by atoms with Crippen molar-refractivity contribution in [3.05, 3.63) is 0 Å². The summed E-state index contributed by atoms with van der Waals surface area (Å²) in [6, 6.07) is 0.124. The van der Waals surface area contributed by atoms with Crippen LogP contribution in [0.1, 0.15) is 51.4 Å². The van der Waals surface area contributed by atoms with E-state index in [4.69, 9.17) is 5.11 Å². The van der Waals surface area contributed by atoms with Crippen LogP contribution in [0.3, 0.4) is 0 Å². The van der Waals surface area contributed by atoms with Crippen LogP contribution in [0.2, 0.25) is 0 Å². The van der Waals surface area contributed by atoms with E-state index in [0.717, 1.165) is 38.5 Å². The van der Waals surface area contributed by atoms with Gasteiger partial charge >= 0.3 is 12.1 Å². The van der Waals surface area contributed by atoms with Crippen molar-refractivity contribution in [2.75, 3.05) is 13.1 Å². The molecule has 20 heavy (non-hydrogen) atoms. The van der Waals surface area contributed by atoms with Crippen molar-refractivity contribution in [1.29, 1.82) is 0 Å². The molecule has 1 aliphatic heterocycles. The highest BCUT2D eigenvalue weighted by molar-refractivity contribution is 5.76. The van der Waals surface area contributed by atoms with Gasteiger partial charge in [-0.05, 0) is 25.8 Å². The number of likely N-dealkylation sites (tertiary alicyclic amines) is 1. The molecular formula is C14H22F3NO2. The summed E-state index contributed by atoms with van der Waals surface area (Å²) in [4.78, 5) is 12.9. The normalized spacial score (nSPS) is 30.9. The van der Waals surface area contributed by atoms with Crippen LogP contribution in [0.25, 0.3) is 0 Å². The molecule has 1 N–H and O–H groups in total. The Kier molecular flexibility index (Phi) is 4.62. The molecule has 116 valence electrons. The molecule has 0 aromatic carbocycles. The number of carbonyl (C=O) groups is 1. The predicted molar refractivity (Wildman–Crippen MR) is 68.4 cm³/mol. The van der Waals surface area contributed by atoms with Gasteiger partial charge < -0.3 is 5.11 Å². The quantitative estimate of drug-likeness (QED) is 0.848. The van der Waals surface area contributed by atoms with Crippen LogP contribution < -0.4 is 0 Å². The highest BCUT2D eigenvalue weighted by Gasteiger charge is 2.63. The molecule has 0 amide bonds. The summed E-state index contributed by atoms with van der Waals surface area (Å²) in [6.07, 6.45) is 2.34. The standard InChI is InChI=1S/C14H22F3NO2/c15-14(16,17)13(12(19)20)8-9-18(10-13)11-6-4-2-1-3-5-7-11/h11H,1-10H2,(H,19,20). The van der Waals surface area contributed by atoms with Crippen LogP contribution in [0.4, 0.5) is 13.2 Å². The first kappa shape index (κ1) is 15.6. The minimum absolute atomic E-state index is 0.124. The lowest BCUT2D eigenvalue weighted by atomic mass is 9.86.